The number of rotatable bonds is 2. The third-order valence-electron chi connectivity index (χ3n) is 3.55. The Morgan fingerprint density at radius 3 is 2.55 bits per heavy atom. The van der Waals surface area contributed by atoms with Crippen LogP contribution in [0.15, 0.2) is 12.7 Å². The number of nitrogens with zero attached hydrogens (tertiary/aromatic N) is 4. The largest absolute Gasteiger partial charge is 0.396 e. The average molecular weight is 309 g/mol. The Labute approximate surface area is 128 Å². The molecule has 0 spiro atoms. The first-order valence-electron chi connectivity index (χ1n) is 7.28. The molecule has 0 aromatic carbocycles. The molecular weight excluding hydrogens is 286 g/mol. The first kappa shape index (κ1) is 16.6. The first-order chi connectivity index (χ1) is 10.3. The van der Waals surface area contributed by atoms with Crippen LogP contribution in [0, 0.1) is 5.92 Å². The van der Waals surface area contributed by atoms with Crippen molar-refractivity contribution in [2.24, 2.45) is 5.92 Å². The molecule has 2 aromatic heterocycles. The van der Waals surface area contributed by atoms with Crippen molar-refractivity contribution in [1.82, 2.24) is 19.5 Å². The van der Waals surface area contributed by atoms with Gasteiger partial charge in [0.25, 0.3) is 0 Å². The molecule has 1 fully saturated rings. The van der Waals surface area contributed by atoms with Gasteiger partial charge in [-0.1, -0.05) is 0 Å². The zero-order valence-corrected chi connectivity index (χ0v) is 12.8. The van der Waals surface area contributed by atoms with E-state index in [9.17, 15) is 0 Å². The van der Waals surface area contributed by atoms with Gasteiger partial charge in [-0.15, -0.1) is 0 Å². The molecule has 0 radical (unpaired) electrons. The van der Waals surface area contributed by atoms with Crippen LogP contribution in [0.25, 0.3) is 11.2 Å². The maximum atomic E-state index is 9.17. The van der Waals surface area contributed by atoms with Gasteiger partial charge in [-0.3, -0.25) is 0 Å². The second-order valence-corrected chi connectivity index (χ2v) is 6.09. The monoisotopic (exact) mass is 309 g/mol. The molecule has 2 unspecified atom stereocenters. The zero-order chi connectivity index (χ0) is 16.3. The van der Waals surface area contributed by atoms with E-state index in [-0.39, 0.29) is 6.61 Å². The van der Waals surface area contributed by atoms with Gasteiger partial charge in [0.2, 0.25) is 0 Å². The highest BCUT2D eigenvalue weighted by atomic mass is 16.5. The predicted octanol–water partition coefficient (Wildman–Crippen LogP) is 0.449. The van der Waals surface area contributed by atoms with E-state index in [1.54, 1.807) is 6.33 Å². The maximum Gasteiger partial charge on any atom is 0.165 e. The highest BCUT2D eigenvalue weighted by Gasteiger charge is 2.26. The molecule has 1 saturated carbocycles. The molecule has 2 atom stereocenters. The van der Waals surface area contributed by atoms with Crippen molar-refractivity contribution < 1.29 is 15.3 Å². The van der Waals surface area contributed by atoms with Crippen molar-refractivity contribution in [2.75, 3.05) is 12.3 Å². The van der Waals surface area contributed by atoms with Crippen LogP contribution in [-0.4, -0.2) is 47.2 Å². The number of imidazole rings is 1. The number of anilines is 1. The van der Waals surface area contributed by atoms with Gasteiger partial charge in [-0.2, -0.15) is 0 Å². The van der Waals surface area contributed by atoms with Gasteiger partial charge >= 0.3 is 0 Å². The lowest BCUT2D eigenvalue weighted by atomic mass is 10.1. The lowest BCUT2D eigenvalue weighted by Crippen LogP contribution is -2.15. The second kappa shape index (κ2) is 6.55. The third-order valence-corrected chi connectivity index (χ3v) is 3.55. The standard InChI is InChI=1S/C11H15N5O.C3H8O2/c12-10-9-11(14-5-13-10)16(6-15-9)8-2-1-7(3-8)4-17;1-3(2,4)5/h5-8,17H,1-4H2,(H2,12,13,14);4-5H,1-2H3. The fraction of sp³-hybridized carbons (Fsp3) is 0.643. The summed E-state index contributed by atoms with van der Waals surface area (Å²) < 4.78 is 2.06. The number of aliphatic hydroxyl groups excluding tert-OH is 1. The average Bonchev–Trinajstić information content (AvgIpc) is 3.02. The molecule has 2 aromatic rings. The summed E-state index contributed by atoms with van der Waals surface area (Å²) in [6.45, 7) is 2.86. The summed E-state index contributed by atoms with van der Waals surface area (Å²) in [6.07, 6.45) is 6.34. The minimum absolute atomic E-state index is 0.264. The van der Waals surface area contributed by atoms with E-state index in [1.807, 2.05) is 0 Å². The minimum Gasteiger partial charge on any atom is -0.396 e. The smallest absolute Gasteiger partial charge is 0.165 e. The maximum absolute atomic E-state index is 9.17. The van der Waals surface area contributed by atoms with Gasteiger partial charge in [0, 0.05) is 12.6 Å². The van der Waals surface area contributed by atoms with Gasteiger partial charge in [0.05, 0.1) is 6.33 Å². The fourth-order valence-corrected chi connectivity index (χ4v) is 2.60. The van der Waals surface area contributed by atoms with Crippen molar-refractivity contribution in [2.45, 2.75) is 44.9 Å². The Morgan fingerprint density at radius 1 is 1.27 bits per heavy atom. The quantitative estimate of drug-likeness (QED) is 0.592. The van der Waals surface area contributed by atoms with Gasteiger partial charge in [0.15, 0.2) is 17.3 Å². The van der Waals surface area contributed by atoms with Crippen LogP contribution in [0.5, 0.6) is 0 Å². The molecule has 8 heteroatoms. The number of fused-ring (bicyclic) bond motifs is 1. The molecule has 8 nitrogen and oxygen atoms in total. The number of nitrogen functional groups attached to an aromatic ring is 1. The van der Waals surface area contributed by atoms with Crippen molar-refractivity contribution in [3.8, 4) is 0 Å². The Hall–Kier alpha value is -1.77. The highest BCUT2D eigenvalue weighted by Crippen LogP contribution is 2.35. The van der Waals surface area contributed by atoms with Crippen LogP contribution >= 0.6 is 0 Å². The highest BCUT2D eigenvalue weighted by molar-refractivity contribution is 5.81. The van der Waals surface area contributed by atoms with Gasteiger partial charge in [-0.25, -0.2) is 15.0 Å². The van der Waals surface area contributed by atoms with E-state index in [0.29, 0.717) is 23.3 Å². The molecule has 3 rings (SSSR count). The summed E-state index contributed by atoms with van der Waals surface area (Å²) in [7, 11) is 0. The van der Waals surface area contributed by atoms with E-state index < -0.39 is 5.79 Å². The van der Waals surface area contributed by atoms with Crippen LogP contribution in [0.4, 0.5) is 5.82 Å². The Balaban J connectivity index is 0.000000309. The third kappa shape index (κ3) is 4.12. The van der Waals surface area contributed by atoms with Crippen molar-refractivity contribution in [1.29, 1.82) is 0 Å². The molecule has 0 amide bonds. The molecule has 2 heterocycles. The Morgan fingerprint density at radius 2 is 1.95 bits per heavy atom. The normalized spacial score (nSPS) is 21.7. The summed E-state index contributed by atoms with van der Waals surface area (Å²) in [5.74, 6) is -0.679. The van der Waals surface area contributed by atoms with Crippen molar-refractivity contribution in [3.63, 3.8) is 0 Å². The van der Waals surface area contributed by atoms with Crippen LogP contribution < -0.4 is 5.73 Å². The SMILES string of the molecule is CC(C)(O)O.Nc1ncnc2c1ncn2C1CCC(CO)C1. The topological polar surface area (TPSA) is 130 Å². The number of nitrogens with two attached hydrogens (primary N) is 1. The molecule has 22 heavy (non-hydrogen) atoms. The van der Waals surface area contributed by atoms with Gasteiger partial charge in [0.1, 0.15) is 11.8 Å². The molecular formula is C14H23N5O3. The number of hydrogen-bond acceptors (Lipinski definition) is 7. The number of aliphatic hydroxyl groups is 3. The predicted molar refractivity (Wildman–Crippen MR) is 81.7 cm³/mol. The summed E-state index contributed by atoms with van der Waals surface area (Å²) >= 11 is 0. The molecule has 1 aliphatic rings. The zero-order valence-electron chi connectivity index (χ0n) is 12.8. The summed E-state index contributed by atoms with van der Waals surface area (Å²) in [5.41, 5.74) is 7.21. The van der Waals surface area contributed by atoms with E-state index in [0.717, 1.165) is 24.9 Å². The summed E-state index contributed by atoms with van der Waals surface area (Å²) in [5, 5.41) is 25.3. The number of aromatic nitrogens is 4. The molecule has 0 aliphatic heterocycles. The Bertz CT molecular complexity index is 616. The molecule has 1 aliphatic carbocycles. The minimum atomic E-state index is -1.50. The lowest BCUT2D eigenvalue weighted by molar-refractivity contribution is -0.127. The second-order valence-electron chi connectivity index (χ2n) is 6.09. The molecule has 0 bridgehead atoms. The van der Waals surface area contributed by atoms with E-state index in [1.165, 1.54) is 20.2 Å². The lowest BCUT2D eigenvalue weighted by Gasteiger charge is -2.12. The fourth-order valence-electron chi connectivity index (χ4n) is 2.60. The van der Waals surface area contributed by atoms with Gasteiger partial charge < -0.3 is 25.6 Å². The summed E-state index contributed by atoms with van der Waals surface area (Å²) in [6, 6.07) is 0.367. The van der Waals surface area contributed by atoms with E-state index in [2.05, 4.69) is 19.5 Å². The van der Waals surface area contributed by atoms with Crippen molar-refractivity contribution in [3.05, 3.63) is 12.7 Å². The van der Waals surface area contributed by atoms with Gasteiger partial charge in [-0.05, 0) is 39.0 Å². The molecule has 0 saturated heterocycles. The molecule has 122 valence electrons. The van der Waals surface area contributed by atoms with Crippen LogP contribution in [0.3, 0.4) is 0 Å². The number of hydrogen-bond donors (Lipinski definition) is 4. The Kier molecular flexibility index (Phi) is 4.94. The summed E-state index contributed by atoms with van der Waals surface area (Å²) in [4.78, 5) is 12.4. The van der Waals surface area contributed by atoms with Crippen LogP contribution in [-0.2, 0) is 0 Å². The van der Waals surface area contributed by atoms with E-state index in [4.69, 9.17) is 21.1 Å². The van der Waals surface area contributed by atoms with Crippen molar-refractivity contribution >= 4 is 17.0 Å². The molecule has 5 N–H and O–H groups in total. The van der Waals surface area contributed by atoms with Crippen LogP contribution in [0.1, 0.15) is 39.2 Å². The van der Waals surface area contributed by atoms with E-state index >= 15 is 0 Å². The van der Waals surface area contributed by atoms with Crippen LogP contribution in [0.2, 0.25) is 0 Å². The first-order valence-corrected chi connectivity index (χ1v) is 7.28.